The zero-order valence-electron chi connectivity index (χ0n) is 17.1. The Morgan fingerprint density at radius 3 is 2.17 bits per heavy atom. The van der Waals surface area contributed by atoms with Crippen molar-refractivity contribution in [3.05, 3.63) is 70.8 Å². The molecule has 2 N–H and O–H groups in total. The van der Waals surface area contributed by atoms with Crippen LogP contribution in [0.4, 0.5) is 5.69 Å². The molecule has 1 aliphatic rings. The minimum Gasteiger partial charge on any atom is -0.507 e. The molecule has 3 rings (SSSR count). The number of hydrogen-bond donors (Lipinski definition) is 2. The third-order valence-corrected chi connectivity index (χ3v) is 5.05. The maximum Gasteiger partial charge on any atom is 0.295 e. The number of β-amino-alcohol motifs (C(OH)–C–C–N with tert-alkyl or cyclic N) is 1. The van der Waals surface area contributed by atoms with E-state index in [4.69, 9.17) is 0 Å². The third kappa shape index (κ3) is 4.03. The highest BCUT2D eigenvalue weighted by molar-refractivity contribution is 6.46. The van der Waals surface area contributed by atoms with Crippen LogP contribution in [0.3, 0.4) is 0 Å². The number of aryl methyl sites for hydroxylation is 1. The van der Waals surface area contributed by atoms with Crippen molar-refractivity contribution in [1.29, 1.82) is 0 Å². The molecule has 0 unspecified atom stereocenters. The first-order valence-electron chi connectivity index (χ1n) is 9.51. The Labute approximate surface area is 170 Å². The van der Waals surface area contributed by atoms with Crippen LogP contribution >= 0.6 is 0 Å². The Morgan fingerprint density at radius 2 is 1.66 bits per heavy atom. The van der Waals surface area contributed by atoms with Crippen molar-refractivity contribution in [3.8, 4) is 0 Å². The molecule has 1 amide bonds. The summed E-state index contributed by atoms with van der Waals surface area (Å²) < 4.78 is 0. The summed E-state index contributed by atoms with van der Waals surface area (Å²) in [5, 5.41) is 20.8. The summed E-state index contributed by atoms with van der Waals surface area (Å²) in [5.74, 6) is -1.68. The Kier molecular flexibility index (Phi) is 5.75. The fourth-order valence-corrected chi connectivity index (χ4v) is 3.52. The van der Waals surface area contributed by atoms with Crippen molar-refractivity contribution < 1.29 is 19.8 Å². The highest BCUT2D eigenvalue weighted by atomic mass is 16.3. The predicted octanol–water partition coefficient (Wildman–Crippen LogP) is 2.86. The van der Waals surface area contributed by atoms with Gasteiger partial charge < -0.3 is 20.0 Å². The number of anilines is 1. The average Bonchev–Trinajstić information content (AvgIpc) is 2.92. The zero-order chi connectivity index (χ0) is 21.3. The lowest BCUT2D eigenvalue weighted by molar-refractivity contribution is -0.140. The molecule has 1 heterocycles. The van der Waals surface area contributed by atoms with Gasteiger partial charge in [0.05, 0.1) is 17.7 Å². The first-order valence-corrected chi connectivity index (χ1v) is 9.51. The van der Waals surface area contributed by atoms with Gasteiger partial charge in [-0.3, -0.25) is 9.59 Å². The maximum absolute atomic E-state index is 12.8. The van der Waals surface area contributed by atoms with Gasteiger partial charge in [0, 0.05) is 31.9 Å². The van der Waals surface area contributed by atoms with Crippen LogP contribution in [0.15, 0.2) is 54.1 Å². The summed E-state index contributed by atoms with van der Waals surface area (Å²) in [6, 6.07) is 13.8. The largest absolute Gasteiger partial charge is 0.507 e. The topological polar surface area (TPSA) is 81.1 Å². The van der Waals surface area contributed by atoms with Gasteiger partial charge in [-0.15, -0.1) is 0 Å². The van der Waals surface area contributed by atoms with Crippen molar-refractivity contribution in [2.75, 3.05) is 25.5 Å². The standard InChI is InChI=1S/C23H26N2O4/c1-14-5-7-17(8-6-14)21(27)19-20(16-9-11-18(12-10-16)24(3)4)25(13-15(2)26)23(29)22(19)28/h5-12,15,20,26-27H,13H2,1-4H3/t15-,20+/m0/s1. The SMILES string of the molecule is Cc1ccc(C(O)=C2C(=O)C(=O)N(C[C@H](C)O)[C@@H]2c2ccc(N(C)C)cc2)cc1. The first kappa shape index (κ1) is 20.6. The second kappa shape index (κ2) is 8.09. The number of ketones is 1. The quantitative estimate of drug-likeness (QED) is 0.463. The molecule has 0 radical (unpaired) electrons. The van der Waals surface area contributed by atoms with Crippen LogP contribution in [0.25, 0.3) is 5.76 Å². The second-order valence-corrected chi connectivity index (χ2v) is 7.65. The summed E-state index contributed by atoms with van der Waals surface area (Å²) in [6.45, 7) is 3.48. The van der Waals surface area contributed by atoms with Crippen LogP contribution in [0.5, 0.6) is 0 Å². The lowest BCUT2D eigenvalue weighted by atomic mass is 9.94. The number of carbonyl (C=O) groups excluding carboxylic acids is 2. The predicted molar refractivity (Wildman–Crippen MR) is 113 cm³/mol. The van der Waals surface area contributed by atoms with Crippen LogP contribution in [0.2, 0.25) is 0 Å². The molecule has 0 bridgehead atoms. The van der Waals surface area contributed by atoms with Gasteiger partial charge in [0.25, 0.3) is 11.7 Å². The van der Waals surface area contributed by atoms with E-state index in [0.717, 1.165) is 11.3 Å². The Balaban J connectivity index is 2.15. The Bertz CT molecular complexity index is 944. The Hall–Kier alpha value is -3.12. The molecule has 0 saturated carbocycles. The average molecular weight is 394 g/mol. The minimum absolute atomic E-state index is 0.00461. The van der Waals surface area contributed by atoms with E-state index in [1.165, 1.54) is 4.90 Å². The number of benzene rings is 2. The molecule has 1 saturated heterocycles. The molecule has 1 aliphatic heterocycles. The summed E-state index contributed by atoms with van der Waals surface area (Å²) in [4.78, 5) is 28.8. The van der Waals surface area contributed by atoms with Crippen molar-refractivity contribution in [1.82, 2.24) is 4.90 Å². The lowest BCUT2D eigenvalue weighted by Gasteiger charge is -2.26. The maximum atomic E-state index is 12.8. The van der Waals surface area contributed by atoms with Gasteiger partial charge in [-0.1, -0.05) is 42.0 Å². The van der Waals surface area contributed by atoms with E-state index in [1.54, 1.807) is 19.1 Å². The number of likely N-dealkylation sites (tertiary alicyclic amines) is 1. The molecule has 1 fully saturated rings. The van der Waals surface area contributed by atoms with E-state index in [1.807, 2.05) is 62.3 Å². The van der Waals surface area contributed by atoms with Crippen LogP contribution in [-0.2, 0) is 9.59 Å². The monoisotopic (exact) mass is 394 g/mol. The molecule has 2 aromatic carbocycles. The van der Waals surface area contributed by atoms with Gasteiger partial charge in [0.2, 0.25) is 0 Å². The van der Waals surface area contributed by atoms with E-state index in [2.05, 4.69) is 0 Å². The first-order chi connectivity index (χ1) is 13.7. The van der Waals surface area contributed by atoms with Crippen molar-refractivity contribution >= 4 is 23.1 Å². The summed E-state index contributed by atoms with van der Waals surface area (Å²) in [6.07, 6.45) is -0.809. The van der Waals surface area contributed by atoms with Gasteiger partial charge in [-0.05, 0) is 31.5 Å². The Morgan fingerprint density at radius 1 is 1.07 bits per heavy atom. The van der Waals surface area contributed by atoms with E-state index in [9.17, 15) is 19.8 Å². The summed E-state index contributed by atoms with van der Waals surface area (Å²) in [7, 11) is 3.85. The van der Waals surface area contributed by atoms with Gasteiger partial charge in [-0.25, -0.2) is 0 Å². The summed E-state index contributed by atoms with van der Waals surface area (Å²) in [5.41, 5.74) is 3.20. The molecule has 6 heteroatoms. The van der Waals surface area contributed by atoms with Crippen LogP contribution in [0.1, 0.15) is 29.7 Å². The highest BCUT2D eigenvalue weighted by Gasteiger charge is 2.46. The smallest absolute Gasteiger partial charge is 0.295 e. The molecular formula is C23H26N2O4. The van der Waals surface area contributed by atoms with E-state index in [-0.39, 0.29) is 17.9 Å². The number of nitrogens with zero attached hydrogens (tertiary/aromatic N) is 2. The lowest BCUT2D eigenvalue weighted by Crippen LogP contribution is -2.35. The number of carbonyl (C=O) groups is 2. The molecule has 0 aromatic heterocycles. The minimum atomic E-state index is -0.809. The number of aliphatic hydroxyl groups is 2. The van der Waals surface area contributed by atoms with Crippen molar-refractivity contribution in [3.63, 3.8) is 0 Å². The molecule has 29 heavy (non-hydrogen) atoms. The number of aliphatic hydroxyl groups excluding tert-OH is 2. The number of Topliss-reactive ketones (excluding diaryl/α,β-unsaturated/α-hetero) is 1. The second-order valence-electron chi connectivity index (χ2n) is 7.65. The van der Waals surface area contributed by atoms with E-state index < -0.39 is 23.8 Å². The van der Waals surface area contributed by atoms with Gasteiger partial charge in [0.1, 0.15) is 5.76 Å². The molecule has 6 nitrogen and oxygen atoms in total. The number of amides is 1. The van der Waals surface area contributed by atoms with Crippen LogP contribution < -0.4 is 4.90 Å². The van der Waals surface area contributed by atoms with Gasteiger partial charge >= 0.3 is 0 Å². The summed E-state index contributed by atoms with van der Waals surface area (Å²) >= 11 is 0. The van der Waals surface area contributed by atoms with E-state index >= 15 is 0 Å². The van der Waals surface area contributed by atoms with Gasteiger partial charge in [0.15, 0.2) is 0 Å². The normalized spacial score (nSPS) is 19.5. The fourth-order valence-electron chi connectivity index (χ4n) is 3.52. The highest BCUT2D eigenvalue weighted by Crippen LogP contribution is 2.39. The molecular weight excluding hydrogens is 368 g/mol. The molecule has 2 aromatic rings. The zero-order valence-corrected chi connectivity index (χ0v) is 17.1. The van der Waals surface area contributed by atoms with Gasteiger partial charge in [-0.2, -0.15) is 0 Å². The van der Waals surface area contributed by atoms with Crippen molar-refractivity contribution in [2.24, 2.45) is 0 Å². The molecule has 2 atom stereocenters. The number of hydrogen-bond acceptors (Lipinski definition) is 5. The molecule has 152 valence electrons. The third-order valence-electron chi connectivity index (χ3n) is 5.05. The van der Waals surface area contributed by atoms with Crippen molar-refractivity contribution in [2.45, 2.75) is 26.0 Å². The number of rotatable bonds is 5. The van der Waals surface area contributed by atoms with Crippen LogP contribution in [-0.4, -0.2) is 53.5 Å². The molecule has 0 aliphatic carbocycles. The molecule has 0 spiro atoms. The fraction of sp³-hybridized carbons (Fsp3) is 0.304. The van der Waals surface area contributed by atoms with E-state index in [0.29, 0.717) is 11.1 Å². The van der Waals surface area contributed by atoms with Crippen LogP contribution in [0, 0.1) is 6.92 Å².